The van der Waals surface area contributed by atoms with Crippen LogP contribution in [0.25, 0.3) is 6.08 Å². The Labute approximate surface area is 174 Å². The first kappa shape index (κ1) is 21.7. The van der Waals surface area contributed by atoms with Gasteiger partial charge >= 0.3 is 5.97 Å². The summed E-state index contributed by atoms with van der Waals surface area (Å²) in [4.78, 5) is 23.6. The second kappa shape index (κ2) is 10.2. The summed E-state index contributed by atoms with van der Waals surface area (Å²) in [5, 5.41) is 5.91. The molecule has 1 aliphatic heterocycles. The Morgan fingerprint density at radius 2 is 1.80 bits per heavy atom. The van der Waals surface area contributed by atoms with Gasteiger partial charge in [-0.05, 0) is 36.6 Å². The van der Waals surface area contributed by atoms with Crippen LogP contribution in [0.4, 0.5) is 5.82 Å². The van der Waals surface area contributed by atoms with Crippen molar-refractivity contribution in [2.45, 2.75) is 30.6 Å². The van der Waals surface area contributed by atoms with Crippen molar-refractivity contribution in [3.8, 4) is 0 Å². The quantitative estimate of drug-likeness (QED) is 0.526. The van der Waals surface area contributed by atoms with Crippen LogP contribution in [0.2, 0.25) is 0 Å². The van der Waals surface area contributed by atoms with Gasteiger partial charge in [-0.15, -0.1) is 0 Å². The molecular weight excluding hydrogens is 410 g/mol. The van der Waals surface area contributed by atoms with Gasteiger partial charge in [0.2, 0.25) is 10.0 Å². The van der Waals surface area contributed by atoms with Gasteiger partial charge in [0, 0.05) is 25.2 Å². The molecule has 10 heteroatoms. The molecule has 1 aliphatic rings. The molecule has 0 radical (unpaired) electrons. The van der Waals surface area contributed by atoms with E-state index < -0.39 is 28.5 Å². The third kappa shape index (κ3) is 6.01. The Balaban J connectivity index is 1.52. The van der Waals surface area contributed by atoms with Crippen LogP contribution in [-0.4, -0.2) is 49.5 Å². The Morgan fingerprint density at radius 3 is 2.43 bits per heavy atom. The number of amides is 1. The molecule has 9 nitrogen and oxygen atoms in total. The molecule has 0 unspecified atom stereocenters. The number of ether oxygens (including phenoxy) is 1. The summed E-state index contributed by atoms with van der Waals surface area (Å²) in [6, 6.07) is 7.74. The number of nitrogens with zero attached hydrogens (tertiary/aromatic N) is 2. The standard InChI is InChI=1S/C20H23N3O6S/c24-19(21-18-11-14-29-22-18)15-28-20(25)10-7-16-5-8-17(9-6-16)30(26,27)23-12-3-1-2-4-13-23/h5-11,14H,1-4,12-13,15H2,(H,21,22,24)/b10-7+. The van der Waals surface area contributed by atoms with Crippen LogP contribution in [0.15, 0.2) is 52.1 Å². The van der Waals surface area contributed by atoms with E-state index in [2.05, 4.69) is 15.0 Å². The average Bonchev–Trinajstić information content (AvgIpc) is 3.08. The van der Waals surface area contributed by atoms with E-state index in [0.717, 1.165) is 25.7 Å². The van der Waals surface area contributed by atoms with Crippen molar-refractivity contribution >= 4 is 33.8 Å². The van der Waals surface area contributed by atoms with Crippen LogP contribution in [0.3, 0.4) is 0 Å². The maximum Gasteiger partial charge on any atom is 0.331 e. The SMILES string of the molecule is O=C(COC(=O)/C=C/c1ccc(S(=O)(=O)N2CCCCCC2)cc1)Nc1ccon1. The minimum atomic E-state index is -3.51. The van der Waals surface area contributed by atoms with Crippen molar-refractivity contribution in [3.63, 3.8) is 0 Å². The van der Waals surface area contributed by atoms with Crippen molar-refractivity contribution in [2.75, 3.05) is 25.0 Å². The highest BCUT2D eigenvalue weighted by Gasteiger charge is 2.24. The van der Waals surface area contributed by atoms with E-state index in [1.54, 1.807) is 12.1 Å². The molecule has 0 atom stereocenters. The highest BCUT2D eigenvalue weighted by Crippen LogP contribution is 2.21. The number of benzene rings is 1. The average molecular weight is 433 g/mol. The van der Waals surface area contributed by atoms with Crippen molar-refractivity contribution in [2.24, 2.45) is 0 Å². The second-order valence-electron chi connectivity index (χ2n) is 6.76. The van der Waals surface area contributed by atoms with E-state index in [-0.39, 0.29) is 10.7 Å². The fourth-order valence-electron chi connectivity index (χ4n) is 2.99. The van der Waals surface area contributed by atoms with Crippen LogP contribution < -0.4 is 5.32 Å². The fraction of sp³-hybridized carbons (Fsp3) is 0.350. The minimum Gasteiger partial charge on any atom is -0.452 e. The molecule has 0 bridgehead atoms. The van der Waals surface area contributed by atoms with E-state index in [0.29, 0.717) is 18.7 Å². The van der Waals surface area contributed by atoms with Crippen LogP contribution in [0, 0.1) is 0 Å². The van der Waals surface area contributed by atoms with Crippen molar-refractivity contribution in [1.29, 1.82) is 0 Å². The molecule has 1 N–H and O–H groups in total. The van der Waals surface area contributed by atoms with Gasteiger partial charge in [0.25, 0.3) is 5.91 Å². The molecule has 2 aromatic rings. The first-order valence-electron chi connectivity index (χ1n) is 9.60. The highest BCUT2D eigenvalue weighted by atomic mass is 32.2. The van der Waals surface area contributed by atoms with Gasteiger partial charge in [-0.1, -0.05) is 30.1 Å². The van der Waals surface area contributed by atoms with Gasteiger partial charge in [0.1, 0.15) is 6.26 Å². The molecule has 1 aromatic heterocycles. The lowest BCUT2D eigenvalue weighted by atomic mass is 10.2. The second-order valence-corrected chi connectivity index (χ2v) is 8.70. The number of esters is 1. The number of aromatic nitrogens is 1. The van der Waals surface area contributed by atoms with Crippen molar-refractivity contribution in [1.82, 2.24) is 9.46 Å². The Bertz CT molecular complexity index is 976. The summed E-state index contributed by atoms with van der Waals surface area (Å²) in [6.45, 7) is 0.614. The largest absolute Gasteiger partial charge is 0.452 e. The van der Waals surface area contributed by atoms with Gasteiger partial charge in [-0.25, -0.2) is 13.2 Å². The van der Waals surface area contributed by atoms with Gasteiger partial charge in [0.05, 0.1) is 4.90 Å². The normalized spacial score (nSPS) is 15.6. The van der Waals surface area contributed by atoms with Crippen LogP contribution in [-0.2, 0) is 24.3 Å². The number of rotatable bonds is 7. The summed E-state index contributed by atoms with van der Waals surface area (Å²) in [7, 11) is -3.51. The predicted octanol–water partition coefficient (Wildman–Crippen LogP) is 2.43. The topological polar surface area (TPSA) is 119 Å². The maximum atomic E-state index is 12.8. The molecule has 30 heavy (non-hydrogen) atoms. The van der Waals surface area contributed by atoms with E-state index in [1.807, 2.05) is 0 Å². The molecule has 0 spiro atoms. The number of anilines is 1. The van der Waals surface area contributed by atoms with Gasteiger partial charge < -0.3 is 14.6 Å². The van der Waals surface area contributed by atoms with Crippen LogP contribution in [0.1, 0.15) is 31.2 Å². The third-order valence-corrected chi connectivity index (χ3v) is 6.46. The van der Waals surface area contributed by atoms with E-state index in [4.69, 9.17) is 4.74 Å². The maximum absolute atomic E-state index is 12.8. The summed E-state index contributed by atoms with van der Waals surface area (Å²) in [5.41, 5.74) is 0.633. The zero-order valence-electron chi connectivity index (χ0n) is 16.3. The van der Waals surface area contributed by atoms with Gasteiger partial charge in [0.15, 0.2) is 12.4 Å². The molecule has 3 rings (SSSR count). The van der Waals surface area contributed by atoms with Crippen molar-refractivity contribution < 1.29 is 27.3 Å². The lowest BCUT2D eigenvalue weighted by Gasteiger charge is -2.19. The summed E-state index contributed by atoms with van der Waals surface area (Å²) in [6.07, 6.45) is 7.80. The van der Waals surface area contributed by atoms with E-state index in [1.165, 1.54) is 40.9 Å². The first-order chi connectivity index (χ1) is 14.4. The van der Waals surface area contributed by atoms with Crippen molar-refractivity contribution in [3.05, 3.63) is 48.2 Å². The summed E-state index contributed by atoms with van der Waals surface area (Å²) >= 11 is 0. The number of carbonyl (C=O) groups excluding carboxylic acids is 2. The zero-order chi connectivity index (χ0) is 21.4. The van der Waals surface area contributed by atoms with E-state index >= 15 is 0 Å². The number of sulfonamides is 1. The molecule has 1 fully saturated rings. The number of hydrogen-bond acceptors (Lipinski definition) is 7. The molecule has 1 saturated heterocycles. The Morgan fingerprint density at radius 1 is 1.10 bits per heavy atom. The Hall–Kier alpha value is -2.98. The predicted molar refractivity (Wildman–Crippen MR) is 109 cm³/mol. The summed E-state index contributed by atoms with van der Waals surface area (Å²) < 4.78 is 36.5. The molecule has 0 saturated carbocycles. The third-order valence-electron chi connectivity index (χ3n) is 4.55. The van der Waals surface area contributed by atoms with Crippen LogP contribution in [0.5, 0.6) is 0 Å². The molecular formula is C20H23N3O6S. The lowest BCUT2D eigenvalue weighted by molar-refractivity contribution is -0.142. The monoisotopic (exact) mass is 433 g/mol. The van der Waals surface area contributed by atoms with Gasteiger partial charge in [-0.3, -0.25) is 4.79 Å². The van der Waals surface area contributed by atoms with Crippen LogP contribution >= 0.6 is 0 Å². The number of nitrogens with one attached hydrogen (secondary N) is 1. The number of carbonyl (C=O) groups is 2. The molecule has 1 amide bonds. The minimum absolute atomic E-state index is 0.224. The summed E-state index contributed by atoms with van der Waals surface area (Å²) in [5.74, 6) is -1.03. The fourth-order valence-corrected chi connectivity index (χ4v) is 4.50. The first-order valence-corrected chi connectivity index (χ1v) is 11.0. The van der Waals surface area contributed by atoms with Gasteiger partial charge in [-0.2, -0.15) is 4.31 Å². The zero-order valence-corrected chi connectivity index (χ0v) is 17.1. The molecule has 2 heterocycles. The van der Waals surface area contributed by atoms with E-state index in [9.17, 15) is 18.0 Å². The lowest BCUT2D eigenvalue weighted by Crippen LogP contribution is -2.31. The highest BCUT2D eigenvalue weighted by molar-refractivity contribution is 7.89. The smallest absolute Gasteiger partial charge is 0.331 e. The molecule has 160 valence electrons. The number of hydrogen-bond donors (Lipinski definition) is 1. The Kier molecular flexibility index (Phi) is 7.36. The molecule has 0 aliphatic carbocycles. The molecule has 1 aromatic carbocycles.